The number of ether oxygens (including phenoxy) is 1. The number of hydrogen-bond donors (Lipinski definition) is 0. The van der Waals surface area contributed by atoms with E-state index in [0.717, 1.165) is 22.4 Å². The highest BCUT2D eigenvalue weighted by atomic mass is 19.1. The third-order valence-corrected chi connectivity index (χ3v) is 5.49. The number of benzene rings is 1. The van der Waals surface area contributed by atoms with Crippen LogP contribution in [0, 0.1) is 0 Å². The van der Waals surface area contributed by atoms with E-state index < -0.39 is 6.67 Å². The summed E-state index contributed by atoms with van der Waals surface area (Å²) in [5, 5.41) is 4.58. The van der Waals surface area contributed by atoms with Gasteiger partial charge in [0, 0.05) is 43.0 Å². The Labute approximate surface area is 194 Å². The van der Waals surface area contributed by atoms with Crippen LogP contribution < -0.4 is 10.3 Å². The van der Waals surface area contributed by atoms with Crippen molar-refractivity contribution in [2.24, 2.45) is 7.05 Å². The van der Waals surface area contributed by atoms with Gasteiger partial charge in [0.05, 0.1) is 12.1 Å². The van der Waals surface area contributed by atoms with Crippen molar-refractivity contribution in [3.8, 4) is 28.1 Å². The monoisotopic (exact) mass is 456 g/mol. The molecule has 0 bridgehead atoms. The van der Waals surface area contributed by atoms with Crippen LogP contribution in [0.15, 0.2) is 78.1 Å². The fraction of sp³-hybridized carbons (Fsp3) is 0.160. The van der Waals surface area contributed by atoms with Crippen molar-refractivity contribution in [1.29, 1.82) is 0 Å². The Hall–Kier alpha value is -4.40. The Kier molecular flexibility index (Phi) is 5.82. The lowest BCUT2D eigenvalue weighted by atomic mass is 10.0. The Morgan fingerprint density at radius 2 is 1.79 bits per heavy atom. The van der Waals surface area contributed by atoms with Crippen molar-refractivity contribution in [2.45, 2.75) is 13.2 Å². The summed E-state index contributed by atoms with van der Waals surface area (Å²) in [6.07, 6.45) is 6.85. The fourth-order valence-electron chi connectivity index (χ4n) is 3.71. The third kappa shape index (κ3) is 4.15. The molecule has 0 saturated carbocycles. The van der Waals surface area contributed by atoms with Crippen LogP contribution in [0.5, 0.6) is 5.75 Å². The second kappa shape index (κ2) is 9.22. The maximum atomic E-state index is 12.9. The first-order valence-corrected chi connectivity index (χ1v) is 10.7. The van der Waals surface area contributed by atoms with Gasteiger partial charge < -0.3 is 4.74 Å². The molecule has 0 spiro atoms. The number of halogens is 1. The van der Waals surface area contributed by atoms with Gasteiger partial charge in [-0.3, -0.25) is 19.0 Å². The minimum Gasteiger partial charge on any atom is -0.486 e. The van der Waals surface area contributed by atoms with Gasteiger partial charge in [-0.2, -0.15) is 5.10 Å². The van der Waals surface area contributed by atoms with E-state index in [1.54, 1.807) is 42.5 Å². The van der Waals surface area contributed by atoms with E-state index in [1.807, 2.05) is 42.6 Å². The van der Waals surface area contributed by atoms with E-state index in [0.29, 0.717) is 22.6 Å². The second-order valence-electron chi connectivity index (χ2n) is 7.66. The van der Waals surface area contributed by atoms with Gasteiger partial charge in [0.25, 0.3) is 5.56 Å². The summed E-state index contributed by atoms with van der Waals surface area (Å²) >= 11 is 0. The lowest BCUT2D eigenvalue weighted by Crippen LogP contribution is -2.24. The van der Waals surface area contributed by atoms with Crippen LogP contribution in [-0.2, 0) is 20.2 Å². The van der Waals surface area contributed by atoms with Crippen molar-refractivity contribution < 1.29 is 9.13 Å². The lowest BCUT2D eigenvalue weighted by Gasteiger charge is -2.11. The van der Waals surface area contributed by atoms with Crippen molar-refractivity contribution >= 4 is 11.0 Å². The Bertz CT molecular complexity index is 1500. The van der Waals surface area contributed by atoms with Crippen LogP contribution in [0.25, 0.3) is 33.4 Å². The number of rotatable bonds is 7. The molecule has 5 aromatic rings. The molecule has 0 atom stereocenters. The molecule has 0 saturated heterocycles. The predicted molar refractivity (Wildman–Crippen MR) is 126 cm³/mol. The number of aromatic nitrogens is 6. The zero-order valence-electron chi connectivity index (χ0n) is 18.4. The summed E-state index contributed by atoms with van der Waals surface area (Å²) in [4.78, 5) is 25.2. The molecule has 34 heavy (non-hydrogen) atoms. The summed E-state index contributed by atoms with van der Waals surface area (Å²) in [6.45, 7) is -0.180. The van der Waals surface area contributed by atoms with Gasteiger partial charge >= 0.3 is 0 Å². The van der Waals surface area contributed by atoms with E-state index in [-0.39, 0.29) is 18.7 Å². The molecule has 5 rings (SSSR count). The summed E-state index contributed by atoms with van der Waals surface area (Å²) in [7, 11) is 1.65. The number of alkyl halides is 1. The molecule has 4 heterocycles. The zero-order valence-corrected chi connectivity index (χ0v) is 18.4. The number of nitrogens with zero attached hydrogens (tertiary/aromatic N) is 6. The maximum absolute atomic E-state index is 12.9. The van der Waals surface area contributed by atoms with Crippen molar-refractivity contribution in [2.75, 3.05) is 6.67 Å². The van der Waals surface area contributed by atoms with Crippen molar-refractivity contribution in [3.05, 3.63) is 89.5 Å². The molecule has 0 aliphatic heterocycles. The summed E-state index contributed by atoms with van der Waals surface area (Å²) < 4.78 is 21.9. The standard InChI is InChI=1S/C25H21FN6O2/c1-31-22(29-21-3-2-11-28-24(21)25(31)33)16-34-19-6-4-18(5-7-19)23-20(15-32(30-23)14-10-26)17-8-12-27-13-9-17/h2-9,11-13,15H,10,14,16H2,1H3. The number of pyridine rings is 2. The highest BCUT2D eigenvalue weighted by Crippen LogP contribution is 2.31. The van der Waals surface area contributed by atoms with E-state index >= 15 is 0 Å². The van der Waals surface area contributed by atoms with E-state index in [9.17, 15) is 9.18 Å². The minimum atomic E-state index is -0.495. The average Bonchev–Trinajstić information content (AvgIpc) is 3.30. The highest BCUT2D eigenvalue weighted by Gasteiger charge is 2.14. The molecule has 9 heteroatoms. The average molecular weight is 456 g/mol. The predicted octanol–water partition coefficient (Wildman–Crippen LogP) is 3.80. The fourth-order valence-corrected chi connectivity index (χ4v) is 3.71. The SMILES string of the molecule is Cn1c(COc2ccc(-c3nn(CCF)cc3-c3ccncc3)cc2)nc2cccnc2c1=O. The first-order chi connectivity index (χ1) is 16.6. The van der Waals surface area contributed by atoms with Crippen molar-refractivity contribution in [1.82, 2.24) is 29.3 Å². The van der Waals surface area contributed by atoms with Crippen LogP contribution in [0.3, 0.4) is 0 Å². The smallest absolute Gasteiger partial charge is 0.279 e. The Morgan fingerprint density at radius 1 is 1.00 bits per heavy atom. The van der Waals surface area contributed by atoms with Gasteiger partial charge in [0.1, 0.15) is 30.5 Å². The zero-order chi connectivity index (χ0) is 23.5. The van der Waals surface area contributed by atoms with Crippen LogP contribution in [0.4, 0.5) is 4.39 Å². The Morgan fingerprint density at radius 3 is 2.56 bits per heavy atom. The molecule has 0 aliphatic rings. The van der Waals surface area contributed by atoms with Gasteiger partial charge in [0.15, 0.2) is 5.52 Å². The third-order valence-electron chi connectivity index (χ3n) is 5.49. The summed E-state index contributed by atoms with van der Waals surface area (Å²) in [6, 6.07) is 14.8. The normalized spacial score (nSPS) is 11.1. The first-order valence-electron chi connectivity index (χ1n) is 10.7. The Balaban J connectivity index is 1.39. The molecule has 0 aliphatic carbocycles. The lowest BCUT2D eigenvalue weighted by molar-refractivity contribution is 0.290. The summed E-state index contributed by atoms with van der Waals surface area (Å²) in [5.41, 5.74) is 4.12. The first kappa shape index (κ1) is 21.4. The molecular formula is C25H21FN6O2. The quantitative estimate of drug-likeness (QED) is 0.370. The largest absolute Gasteiger partial charge is 0.486 e. The van der Waals surface area contributed by atoms with Crippen molar-refractivity contribution in [3.63, 3.8) is 0 Å². The highest BCUT2D eigenvalue weighted by molar-refractivity contribution is 5.80. The number of aryl methyl sites for hydroxylation is 1. The summed E-state index contributed by atoms with van der Waals surface area (Å²) in [5.74, 6) is 1.12. The van der Waals surface area contributed by atoms with Gasteiger partial charge in [0.2, 0.25) is 0 Å². The molecule has 8 nitrogen and oxygen atoms in total. The van der Waals surface area contributed by atoms with Crippen LogP contribution in [0.2, 0.25) is 0 Å². The molecule has 4 aromatic heterocycles. The molecular weight excluding hydrogens is 435 g/mol. The molecule has 0 N–H and O–H groups in total. The van der Waals surface area contributed by atoms with Gasteiger partial charge in [-0.15, -0.1) is 0 Å². The van der Waals surface area contributed by atoms with Gasteiger partial charge in [-0.05, 0) is 54.1 Å². The topological polar surface area (TPSA) is 87.7 Å². The molecule has 0 unspecified atom stereocenters. The number of hydrogen-bond acceptors (Lipinski definition) is 6. The molecule has 0 radical (unpaired) electrons. The van der Waals surface area contributed by atoms with Gasteiger partial charge in [-0.1, -0.05) is 0 Å². The van der Waals surface area contributed by atoms with E-state index in [2.05, 4.69) is 20.1 Å². The molecule has 0 amide bonds. The van der Waals surface area contributed by atoms with E-state index in [1.165, 1.54) is 4.57 Å². The molecule has 1 aromatic carbocycles. The van der Waals surface area contributed by atoms with Gasteiger partial charge in [-0.25, -0.2) is 14.4 Å². The maximum Gasteiger partial charge on any atom is 0.279 e. The number of fused-ring (bicyclic) bond motifs is 1. The molecule has 170 valence electrons. The van der Waals surface area contributed by atoms with Crippen LogP contribution in [0.1, 0.15) is 5.82 Å². The minimum absolute atomic E-state index is 0.128. The molecule has 0 fully saturated rings. The van der Waals surface area contributed by atoms with Crippen LogP contribution in [-0.4, -0.2) is 36.0 Å². The van der Waals surface area contributed by atoms with E-state index in [4.69, 9.17) is 4.74 Å². The van der Waals surface area contributed by atoms with Crippen LogP contribution >= 0.6 is 0 Å². The second-order valence-corrected chi connectivity index (χ2v) is 7.66.